The Balaban J connectivity index is 2.35. The van der Waals surface area contributed by atoms with Crippen molar-refractivity contribution in [2.24, 2.45) is 0 Å². The quantitative estimate of drug-likeness (QED) is 0.279. The molecule has 0 amide bonds. The molecule has 0 heterocycles. The molecule has 2 aromatic carbocycles. The summed E-state index contributed by atoms with van der Waals surface area (Å²) in [6.07, 6.45) is 0. The number of rotatable bonds is 6. The van der Waals surface area contributed by atoms with Gasteiger partial charge in [-0.2, -0.15) is 16.8 Å². The van der Waals surface area contributed by atoms with Gasteiger partial charge in [-0.25, -0.2) is 16.8 Å². The Morgan fingerprint density at radius 3 is 1.67 bits per heavy atom. The van der Waals surface area contributed by atoms with E-state index in [0.29, 0.717) is 6.07 Å². The molecule has 1 aliphatic rings. The van der Waals surface area contributed by atoms with Gasteiger partial charge in [-0.1, -0.05) is 29.0 Å². The molecule has 0 atom stereocenters. The maximum absolute atomic E-state index is 13.5. The number of hydrogen-bond acceptors (Lipinski definition) is 10. The number of ketones is 2. The molecule has 196 valence electrons. The fourth-order valence-corrected chi connectivity index (χ4v) is 8.11. The van der Waals surface area contributed by atoms with Crippen LogP contribution in [0.25, 0.3) is 0 Å². The SMILES string of the molecule is CC(C)(C)c1c(S(=O)(=O)NS(=O)(=O)O)ccc2c1C(=O)c1cc(S(=O)(=O)NS(=O)(=O)O)ccc1C2=O. The van der Waals surface area contributed by atoms with Crippen molar-refractivity contribution in [3.05, 3.63) is 58.1 Å². The van der Waals surface area contributed by atoms with E-state index in [9.17, 15) is 43.3 Å². The summed E-state index contributed by atoms with van der Waals surface area (Å²) in [6, 6.07) is 4.30. The summed E-state index contributed by atoms with van der Waals surface area (Å²) >= 11 is 0. The van der Waals surface area contributed by atoms with Crippen LogP contribution in [0.4, 0.5) is 0 Å². The van der Waals surface area contributed by atoms with Crippen LogP contribution in [0.5, 0.6) is 0 Å². The first-order chi connectivity index (χ1) is 16.1. The van der Waals surface area contributed by atoms with E-state index in [2.05, 4.69) is 0 Å². The van der Waals surface area contributed by atoms with E-state index in [0.717, 1.165) is 32.5 Å². The Bertz CT molecular complexity index is 1770. The molecule has 2 aromatic rings. The largest absolute Gasteiger partial charge is 0.346 e. The maximum Gasteiger partial charge on any atom is 0.346 e. The molecule has 14 nitrogen and oxygen atoms in total. The molecule has 1 aliphatic carbocycles. The topological polar surface area (TPSA) is 235 Å². The molecule has 36 heavy (non-hydrogen) atoms. The predicted molar refractivity (Wildman–Crippen MR) is 122 cm³/mol. The molecule has 0 fully saturated rings. The number of nitrogens with one attached hydrogen (secondary N) is 2. The minimum atomic E-state index is -5.26. The van der Waals surface area contributed by atoms with Gasteiger partial charge in [0.05, 0.1) is 9.79 Å². The van der Waals surface area contributed by atoms with Gasteiger partial charge in [0.2, 0.25) is 0 Å². The minimum absolute atomic E-state index is 0.255. The molecule has 3 rings (SSSR count). The molecule has 0 radical (unpaired) electrons. The van der Waals surface area contributed by atoms with Crippen LogP contribution < -0.4 is 8.25 Å². The molecule has 18 heteroatoms. The van der Waals surface area contributed by atoms with E-state index in [1.54, 1.807) is 0 Å². The van der Waals surface area contributed by atoms with E-state index in [-0.39, 0.29) is 16.7 Å². The Morgan fingerprint density at radius 2 is 1.17 bits per heavy atom. The van der Waals surface area contributed by atoms with Crippen LogP contribution >= 0.6 is 0 Å². The second-order valence-corrected chi connectivity index (χ2v) is 14.8. The van der Waals surface area contributed by atoms with E-state index >= 15 is 0 Å². The highest BCUT2D eigenvalue weighted by atomic mass is 32.3. The van der Waals surface area contributed by atoms with Crippen molar-refractivity contribution in [1.29, 1.82) is 0 Å². The predicted octanol–water partition coefficient (Wildman–Crippen LogP) is -0.0783. The van der Waals surface area contributed by atoms with Gasteiger partial charge in [-0.15, -0.1) is 0 Å². The Morgan fingerprint density at radius 1 is 0.667 bits per heavy atom. The zero-order valence-corrected chi connectivity index (χ0v) is 21.8. The highest BCUT2D eigenvalue weighted by Gasteiger charge is 2.39. The van der Waals surface area contributed by atoms with Crippen LogP contribution in [0.2, 0.25) is 0 Å². The summed E-state index contributed by atoms with van der Waals surface area (Å²) in [4.78, 5) is 25.1. The molecule has 0 unspecified atom stereocenters. The van der Waals surface area contributed by atoms with Gasteiger partial charge >= 0.3 is 20.6 Å². The van der Waals surface area contributed by atoms with Crippen LogP contribution in [0.1, 0.15) is 58.2 Å². The highest BCUT2D eigenvalue weighted by molar-refractivity contribution is 8.02. The number of carbonyl (C=O) groups excluding carboxylic acids is 2. The van der Waals surface area contributed by atoms with Crippen molar-refractivity contribution in [2.45, 2.75) is 36.0 Å². The standard InChI is InChI=1S/C18H18N2O12S4/c1-18(2,3)15-13(34(25,26)20-36(30,31)32)7-6-11-14(15)17(22)12-8-9(4-5-10(12)16(11)21)33(23,24)19-35(27,28)29/h4-8,19-20H,1-3H3,(H,27,28,29)(H,30,31,32). The van der Waals surface area contributed by atoms with Gasteiger partial charge in [0, 0.05) is 22.3 Å². The number of hydrogen-bond donors (Lipinski definition) is 4. The third-order valence-electron chi connectivity index (χ3n) is 4.90. The lowest BCUT2D eigenvalue weighted by atomic mass is 9.75. The average molecular weight is 583 g/mol. The third-order valence-corrected chi connectivity index (χ3v) is 10.1. The van der Waals surface area contributed by atoms with Crippen LogP contribution in [0.15, 0.2) is 40.1 Å². The van der Waals surface area contributed by atoms with Crippen molar-refractivity contribution in [2.75, 3.05) is 0 Å². The third kappa shape index (κ3) is 5.39. The monoisotopic (exact) mass is 582 g/mol. The van der Waals surface area contributed by atoms with Gasteiger partial charge in [-0.3, -0.25) is 18.7 Å². The fourth-order valence-electron chi connectivity index (χ4n) is 3.70. The summed E-state index contributed by atoms with van der Waals surface area (Å²) in [7, 11) is -20.4. The first-order valence-electron chi connectivity index (χ1n) is 9.48. The lowest BCUT2D eigenvalue weighted by Gasteiger charge is -2.29. The first-order valence-corrected chi connectivity index (χ1v) is 15.3. The Kier molecular flexibility index (Phi) is 6.60. The Labute approximate surface area is 206 Å². The van der Waals surface area contributed by atoms with Crippen LogP contribution in [0, 0.1) is 0 Å². The van der Waals surface area contributed by atoms with Gasteiger partial charge in [0.15, 0.2) is 11.6 Å². The molecule has 4 N–H and O–H groups in total. The normalized spacial score (nSPS) is 14.9. The van der Waals surface area contributed by atoms with Crippen molar-refractivity contribution in [3.8, 4) is 0 Å². The molecule has 0 aromatic heterocycles. The molecule has 0 bridgehead atoms. The fraction of sp³-hybridized carbons (Fsp3) is 0.222. The van der Waals surface area contributed by atoms with E-state index in [1.807, 2.05) is 0 Å². The minimum Gasteiger partial charge on any atom is -0.289 e. The number of sulfonamides is 2. The molecule has 0 spiro atoms. The summed E-state index contributed by atoms with van der Waals surface area (Å²) in [5.74, 6) is -1.82. The number of carbonyl (C=O) groups is 2. The molecular weight excluding hydrogens is 564 g/mol. The zero-order valence-electron chi connectivity index (χ0n) is 18.5. The first kappa shape index (κ1) is 28.0. The van der Waals surface area contributed by atoms with Gasteiger partial charge in [-0.05, 0) is 41.3 Å². The molecule has 0 saturated carbocycles. The van der Waals surface area contributed by atoms with E-state index in [4.69, 9.17) is 9.11 Å². The summed E-state index contributed by atoms with van der Waals surface area (Å²) in [5.41, 5.74) is -3.04. The summed E-state index contributed by atoms with van der Waals surface area (Å²) in [5, 5.41) is 0. The highest BCUT2D eigenvalue weighted by Crippen LogP contribution is 2.39. The molecular formula is C18H18N2O12S4. The van der Waals surface area contributed by atoms with Crippen molar-refractivity contribution >= 4 is 52.2 Å². The van der Waals surface area contributed by atoms with Crippen molar-refractivity contribution < 1.29 is 52.4 Å². The molecule has 0 saturated heterocycles. The van der Waals surface area contributed by atoms with Crippen molar-refractivity contribution in [1.82, 2.24) is 8.25 Å². The smallest absolute Gasteiger partial charge is 0.289 e. The Hall–Kier alpha value is -2.58. The van der Waals surface area contributed by atoms with E-state index in [1.165, 1.54) is 20.8 Å². The van der Waals surface area contributed by atoms with Gasteiger partial charge in [0.25, 0.3) is 20.0 Å². The number of benzene rings is 2. The van der Waals surface area contributed by atoms with Crippen molar-refractivity contribution in [3.63, 3.8) is 0 Å². The van der Waals surface area contributed by atoms with Crippen LogP contribution in [-0.4, -0.2) is 54.3 Å². The van der Waals surface area contributed by atoms with Crippen LogP contribution in [-0.2, 0) is 46.1 Å². The van der Waals surface area contributed by atoms with Crippen LogP contribution in [0.3, 0.4) is 0 Å². The second-order valence-electron chi connectivity index (χ2n) is 8.60. The average Bonchev–Trinajstić information content (AvgIpc) is 2.66. The second kappa shape index (κ2) is 8.48. The lowest BCUT2D eigenvalue weighted by Crippen LogP contribution is -2.34. The summed E-state index contributed by atoms with van der Waals surface area (Å²) < 4.78 is 114. The zero-order chi connectivity index (χ0) is 27.6. The van der Waals surface area contributed by atoms with E-state index < -0.39 is 78.6 Å². The molecule has 0 aliphatic heterocycles. The van der Waals surface area contributed by atoms with Gasteiger partial charge in [0.1, 0.15) is 0 Å². The number of fused-ring (bicyclic) bond motifs is 2. The van der Waals surface area contributed by atoms with Gasteiger partial charge < -0.3 is 0 Å². The summed E-state index contributed by atoms with van der Waals surface area (Å²) in [6.45, 7) is 4.37. The lowest BCUT2D eigenvalue weighted by molar-refractivity contribution is 0.0977. The maximum atomic E-state index is 13.5.